The highest BCUT2D eigenvalue weighted by Crippen LogP contribution is 2.43. The Morgan fingerprint density at radius 1 is 1.04 bits per heavy atom. The van der Waals surface area contributed by atoms with Crippen molar-refractivity contribution in [1.29, 1.82) is 0 Å². The summed E-state index contributed by atoms with van der Waals surface area (Å²) < 4.78 is 57.4. The quantitative estimate of drug-likeness (QED) is 0.888. The normalized spacial score (nSPS) is 16.7. The van der Waals surface area contributed by atoms with E-state index in [0.29, 0.717) is 0 Å². The molecule has 0 radical (unpaired) electrons. The molecule has 0 aromatic heterocycles. The van der Waals surface area contributed by atoms with Crippen LogP contribution in [0.3, 0.4) is 0 Å². The highest BCUT2D eigenvalue weighted by molar-refractivity contribution is 7.89. The van der Waals surface area contributed by atoms with Gasteiger partial charge >= 0.3 is 0 Å². The maximum atomic E-state index is 14.3. The molecule has 1 aliphatic heterocycles. The fourth-order valence-corrected chi connectivity index (χ4v) is 3.52. The number of sulfonamides is 1. The van der Waals surface area contributed by atoms with Gasteiger partial charge in [-0.3, -0.25) is 4.79 Å². The van der Waals surface area contributed by atoms with Crippen molar-refractivity contribution in [3.05, 3.63) is 65.2 Å². The van der Waals surface area contributed by atoms with Gasteiger partial charge in [-0.25, -0.2) is 22.3 Å². The zero-order valence-corrected chi connectivity index (χ0v) is 14.7. The lowest BCUT2D eigenvalue weighted by molar-refractivity contribution is -0.125. The molecule has 3 rings (SSSR count). The maximum absolute atomic E-state index is 14.3. The smallest absolute Gasteiger partial charge is 0.238 e. The summed E-state index contributed by atoms with van der Waals surface area (Å²) in [6.45, 7) is 2.91. The van der Waals surface area contributed by atoms with E-state index in [2.05, 4.69) is 0 Å². The van der Waals surface area contributed by atoms with Crippen LogP contribution in [0.1, 0.15) is 25.0 Å². The molecular weight excluding hydrogens is 364 g/mol. The molecule has 0 amide bonds. The summed E-state index contributed by atoms with van der Waals surface area (Å²) in [6, 6.07) is 8.29. The molecule has 0 aliphatic carbocycles. The van der Waals surface area contributed by atoms with Crippen molar-refractivity contribution in [2.24, 2.45) is 5.14 Å². The first-order chi connectivity index (χ1) is 12.0. The van der Waals surface area contributed by atoms with Crippen LogP contribution in [0.5, 0.6) is 0 Å². The molecule has 0 saturated heterocycles. The third kappa shape index (κ3) is 3.02. The van der Waals surface area contributed by atoms with E-state index in [0.717, 1.165) is 18.2 Å². The molecule has 0 saturated carbocycles. The number of nitrogens with two attached hydrogens (primary N) is 1. The van der Waals surface area contributed by atoms with E-state index < -0.39 is 33.0 Å². The second-order valence-electron chi connectivity index (χ2n) is 6.31. The summed E-state index contributed by atoms with van der Waals surface area (Å²) in [7, 11) is -4.14. The van der Waals surface area contributed by atoms with E-state index in [1.54, 1.807) is 0 Å². The van der Waals surface area contributed by atoms with Crippen LogP contribution < -0.4 is 5.14 Å². The number of benzene rings is 2. The van der Waals surface area contributed by atoms with E-state index in [9.17, 15) is 22.0 Å². The second-order valence-corrected chi connectivity index (χ2v) is 7.84. The molecule has 1 aliphatic rings. The van der Waals surface area contributed by atoms with E-state index in [-0.39, 0.29) is 27.4 Å². The van der Waals surface area contributed by atoms with Crippen molar-refractivity contribution in [3.63, 3.8) is 0 Å². The topological polar surface area (TPSA) is 86.5 Å². The zero-order valence-electron chi connectivity index (χ0n) is 13.9. The van der Waals surface area contributed by atoms with Crippen LogP contribution in [0.2, 0.25) is 0 Å². The number of halogens is 2. The van der Waals surface area contributed by atoms with Gasteiger partial charge < -0.3 is 4.74 Å². The molecule has 8 heteroatoms. The molecule has 2 aromatic rings. The molecule has 0 unspecified atom stereocenters. The molecule has 0 spiro atoms. The van der Waals surface area contributed by atoms with Crippen molar-refractivity contribution >= 4 is 27.1 Å². The van der Waals surface area contributed by atoms with Gasteiger partial charge in [-0.05, 0) is 44.2 Å². The van der Waals surface area contributed by atoms with Crippen molar-refractivity contribution < 1.29 is 26.7 Å². The average molecular weight is 379 g/mol. The average Bonchev–Trinajstić information content (AvgIpc) is 2.79. The number of Topliss-reactive ketones (excluding diaryl/α,β-unsaturated/α-hetero) is 1. The van der Waals surface area contributed by atoms with E-state index in [1.165, 1.54) is 38.1 Å². The molecule has 1 heterocycles. The fraction of sp³-hybridized carbons (Fsp3) is 0.167. The minimum Gasteiger partial charge on any atom is -0.478 e. The molecule has 26 heavy (non-hydrogen) atoms. The SMILES string of the molecule is CC1(C)OC(c2ccccc2S(N)(=O)=O)=C(c2cc(F)ccc2F)C1=O. The van der Waals surface area contributed by atoms with Crippen LogP contribution in [-0.2, 0) is 19.6 Å². The van der Waals surface area contributed by atoms with Crippen LogP contribution in [-0.4, -0.2) is 19.8 Å². The molecule has 5 nitrogen and oxygen atoms in total. The van der Waals surface area contributed by atoms with E-state index in [1.807, 2.05) is 0 Å². The summed E-state index contributed by atoms with van der Waals surface area (Å²) in [5.74, 6) is -2.33. The number of ketones is 1. The first kappa shape index (κ1) is 18.2. The monoisotopic (exact) mass is 379 g/mol. The number of rotatable bonds is 3. The molecule has 136 valence electrons. The predicted octanol–water partition coefficient (Wildman–Crippen LogP) is 2.86. The number of hydrogen-bond donors (Lipinski definition) is 1. The molecule has 0 bridgehead atoms. The predicted molar refractivity (Wildman–Crippen MR) is 91.2 cm³/mol. The minimum atomic E-state index is -4.14. The molecular formula is C18H15F2NO4S. The van der Waals surface area contributed by atoms with Gasteiger partial charge in [0.2, 0.25) is 15.8 Å². The minimum absolute atomic E-state index is 0.00702. The number of carbonyl (C=O) groups is 1. The third-order valence-corrected chi connectivity index (χ3v) is 4.96. The Labute approximate surface area is 149 Å². The van der Waals surface area contributed by atoms with E-state index >= 15 is 0 Å². The van der Waals surface area contributed by atoms with Crippen LogP contribution >= 0.6 is 0 Å². The van der Waals surface area contributed by atoms with Crippen LogP contribution in [0.4, 0.5) is 8.78 Å². The van der Waals surface area contributed by atoms with Crippen molar-refractivity contribution in [2.45, 2.75) is 24.3 Å². The van der Waals surface area contributed by atoms with Gasteiger partial charge in [-0.1, -0.05) is 12.1 Å². The number of carbonyl (C=O) groups excluding carboxylic acids is 1. The van der Waals surface area contributed by atoms with Crippen LogP contribution in [0.15, 0.2) is 47.4 Å². The van der Waals surface area contributed by atoms with Crippen LogP contribution in [0, 0.1) is 11.6 Å². The largest absolute Gasteiger partial charge is 0.478 e. The lowest BCUT2D eigenvalue weighted by Crippen LogP contribution is -2.29. The number of hydrogen-bond acceptors (Lipinski definition) is 4. The Morgan fingerprint density at radius 3 is 2.35 bits per heavy atom. The Kier molecular flexibility index (Phi) is 4.20. The maximum Gasteiger partial charge on any atom is 0.238 e. The van der Waals surface area contributed by atoms with Crippen molar-refractivity contribution in [3.8, 4) is 0 Å². The molecule has 2 aromatic carbocycles. The van der Waals surface area contributed by atoms with Gasteiger partial charge in [0.15, 0.2) is 5.60 Å². The number of primary sulfonamides is 1. The summed E-state index contributed by atoms with van der Waals surface area (Å²) in [5, 5.41) is 5.24. The van der Waals surface area contributed by atoms with Gasteiger partial charge in [0.25, 0.3) is 0 Å². The van der Waals surface area contributed by atoms with Gasteiger partial charge in [0, 0.05) is 11.1 Å². The number of ether oxygens (including phenoxy) is 1. The van der Waals surface area contributed by atoms with Crippen LogP contribution in [0.25, 0.3) is 11.3 Å². The molecule has 0 atom stereocenters. The lowest BCUT2D eigenvalue weighted by Gasteiger charge is -2.18. The van der Waals surface area contributed by atoms with E-state index in [4.69, 9.17) is 9.88 Å². The van der Waals surface area contributed by atoms with Gasteiger partial charge in [-0.15, -0.1) is 0 Å². The van der Waals surface area contributed by atoms with Gasteiger partial charge in [-0.2, -0.15) is 0 Å². The lowest BCUT2D eigenvalue weighted by atomic mass is 9.92. The summed E-state index contributed by atoms with van der Waals surface area (Å²) in [5.41, 5.74) is -1.91. The molecule has 0 fully saturated rings. The Morgan fingerprint density at radius 2 is 1.69 bits per heavy atom. The summed E-state index contributed by atoms with van der Waals surface area (Å²) in [4.78, 5) is 12.5. The van der Waals surface area contributed by atoms with Gasteiger partial charge in [0.1, 0.15) is 17.4 Å². The highest BCUT2D eigenvalue weighted by Gasteiger charge is 2.44. The standard InChI is InChI=1S/C18H15F2NO4S/c1-18(2)17(22)15(12-9-10(19)7-8-13(12)20)16(25-18)11-5-3-4-6-14(11)26(21,23)24/h3-9H,1-2H3,(H2,21,23,24). The summed E-state index contributed by atoms with van der Waals surface area (Å²) >= 11 is 0. The first-order valence-corrected chi connectivity index (χ1v) is 9.13. The fourth-order valence-electron chi connectivity index (χ4n) is 2.78. The first-order valence-electron chi connectivity index (χ1n) is 7.58. The summed E-state index contributed by atoms with van der Waals surface area (Å²) in [6.07, 6.45) is 0. The van der Waals surface area contributed by atoms with Gasteiger partial charge in [0.05, 0.1) is 10.5 Å². The Balaban J connectivity index is 2.38. The second kappa shape index (κ2) is 6.00. The third-order valence-electron chi connectivity index (χ3n) is 3.99. The van der Waals surface area contributed by atoms with Crippen molar-refractivity contribution in [1.82, 2.24) is 0 Å². The Hall–Kier alpha value is -2.58. The molecule has 2 N–H and O–H groups in total. The highest BCUT2D eigenvalue weighted by atomic mass is 32.2. The Bertz CT molecular complexity index is 1060. The van der Waals surface area contributed by atoms with Crippen molar-refractivity contribution in [2.75, 3.05) is 0 Å². The zero-order chi connectivity index (χ0) is 19.3.